The molecule has 7 nitrogen and oxygen atoms in total. The van der Waals surface area contributed by atoms with Gasteiger partial charge in [0.15, 0.2) is 0 Å². The average molecular weight is 343 g/mol. The molecule has 0 aliphatic carbocycles. The van der Waals surface area contributed by atoms with Gasteiger partial charge in [0, 0.05) is 39.6 Å². The Labute approximate surface area is 147 Å². The van der Waals surface area contributed by atoms with E-state index in [1.165, 1.54) is 4.68 Å². The van der Waals surface area contributed by atoms with Crippen LogP contribution in [0.2, 0.25) is 0 Å². The minimum Gasteiger partial charge on any atom is -0.338 e. The van der Waals surface area contributed by atoms with E-state index in [0.29, 0.717) is 26.1 Å². The van der Waals surface area contributed by atoms with Crippen molar-refractivity contribution in [1.82, 2.24) is 24.6 Å². The zero-order chi connectivity index (χ0) is 17.6. The molecule has 1 N–H and O–H groups in total. The van der Waals surface area contributed by atoms with Crippen LogP contribution in [0.1, 0.15) is 30.7 Å². The minimum atomic E-state index is -0.111. The molecule has 7 heteroatoms. The van der Waals surface area contributed by atoms with E-state index in [0.717, 1.165) is 37.2 Å². The molecule has 2 heterocycles. The normalized spacial score (nSPS) is 13.3. The van der Waals surface area contributed by atoms with Crippen LogP contribution in [0.25, 0.3) is 0 Å². The first kappa shape index (κ1) is 17.3. The maximum Gasteiger partial charge on any atom is 0.345 e. The van der Waals surface area contributed by atoms with Gasteiger partial charge in [-0.05, 0) is 24.8 Å². The lowest BCUT2D eigenvalue weighted by atomic mass is 10.2. The van der Waals surface area contributed by atoms with E-state index in [2.05, 4.69) is 10.4 Å². The van der Waals surface area contributed by atoms with Crippen LogP contribution in [0.5, 0.6) is 0 Å². The van der Waals surface area contributed by atoms with Crippen LogP contribution in [0.15, 0.2) is 35.1 Å². The largest absolute Gasteiger partial charge is 0.345 e. The van der Waals surface area contributed by atoms with Crippen LogP contribution in [-0.4, -0.2) is 38.9 Å². The highest BCUT2D eigenvalue weighted by molar-refractivity contribution is 5.73. The number of rotatable bonds is 6. The van der Waals surface area contributed by atoms with Gasteiger partial charge in [-0.25, -0.2) is 14.3 Å². The lowest BCUT2D eigenvalue weighted by molar-refractivity contribution is 0.206. The smallest absolute Gasteiger partial charge is 0.338 e. The van der Waals surface area contributed by atoms with E-state index in [1.54, 1.807) is 16.5 Å². The number of hydrogen-bond acceptors (Lipinski definition) is 3. The summed E-state index contributed by atoms with van der Waals surface area (Å²) in [7, 11) is 1.77. The molecule has 0 saturated heterocycles. The molecule has 3 rings (SSSR count). The molecule has 1 aromatic carbocycles. The summed E-state index contributed by atoms with van der Waals surface area (Å²) in [6.07, 6.45) is 3.70. The van der Waals surface area contributed by atoms with Crippen LogP contribution < -0.4 is 11.0 Å². The number of hydrogen-bond donors (Lipinski definition) is 1. The quantitative estimate of drug-likeness (QED) is 0.810. The van der Waals surface area contributed by atoms with Gasteiger partial charge >= 0.3 is 11.7 Å². The number of urea groups is 1. The summed E-state index contributed by atoms with van der Waals surface area (Å²) in [4.78, 5) is 26.0. The zero-order valence-corrected chi connectivity index (χ0v) is 14.6. The van der Waals surface area contributed by atoms with Crippen LogP contribution in [0.4, 0.5) is 4.79 Å². The molecule has 0 fully saturated rings. The number of aryl methyl sites for hydroxylation is 2. The Kier molecular flexibility index (Phi) is 5.53. The summed E-state index contributed by atoms with van der Waals surface area (Å²) in [6.45, 7) is 2.39. The van der Waals surface area contributed by atoms with Crippen molar-refractivity contribution in [3.05, 3.63) is 52.2 Å². The monoisotopic (exact) mass is 343 g/mol. The first-order valence-corrected chi connectivity index (χ1v) is 8.84. The first-order valence-electron chi connectivity index (χ1n) is 8.84. The van der Waals surface area contributed by atoms with Gasteiger partial charge in [-0.1, -0.05) is 30.3 Å². The molecular formula is C18H25N5O2. The third-order valence-electron chi connectivity index (χ3n) is 4.46. The summed E-state index contributed by atoms with van der Waals surface area (Å²) < 4.78 is 3.30. The number of carbonyl (C=O) groups excluding carboxylic acids is 1. The number of carbonyl (C=O) groups is 1. The second-order valence-electron chi connectivity index (χ2n) is 6.46. The predicted octanol–water partition coefficient (Wildman–Crippen LogP) is 1.61. The number of fused-ring (bicyclic) bond motifs is 1. The molecule has 0 saturated carbocycles. The van der Waals surface area contributed by atoms with Gasteiger partial charge in [0.2, 0.25) is 0 Å². The molecule has 1 aliphatic heterocycles. The fourth-order valence-electron chi connectivity index (χ4n) is 3.08. The first-order chi connectivity index (χ1) is 12.1. The summed E-state index contributed by atoms with van der Waals surface area (Å²) in [6, 6.07) is 9.76. The number of benzene rings is 1. The SMILES string of the molecule is CN(Cc1ccccc1)C(=O)NCCCn1nc2n(c1=O)CCCC2. The molecule has 0 atom stereocenters. The van der Waals surface area contributed by atoms with Gasteiger partial charge in [-0.15, -0.1) is 0 Å². The van der Waals surface area contributed by atoms with Crippen molar-refractivity contribution in [2.45, 2.75) is 45.3 Å². The van der Waals surface area contributed by atoms with Gasteiger partial charge in [0.05, 0.1) is 0 Å². The number of nitrogens with one attached hydrogen (secondary N) is 1. The Balaban J connectivity index is 1.43. The van der Waals surface area contributed by atoms with Crippen LogP contribution in [0.3, 0.4) is 0 Å². The van der Waals surface area contributed by atoms with Crippen LogP contribution in [-0.2, 0) is 26.1 Å². The van der Waals surface area contributed by atoms with Crippen molar-refractivity contribution in [3.8, 4) is 0 Å². The predicted molar refractivity (Wildman–Crippen MR) is 95.3 cm³/mol. The fourth-order valence-corrected chi connectivity index (χ4v) is 3.08. The van der Waals surface area contributed by atoms with Crippen molar-refractivity contribution in [3.63, 3.8) is 0 Å². The standard InChI is InChI=1S/C18H25N5O2/c1-21(14-15-8-3-2-4-9-15)17(24)19-11-7-13-23-18(25)22-12-6-5-10-16(22)20-23/h2-4,8-9H,5-7,10-14H2,1H3,(H,19,24). The van der Waals surface area contributed by atoms with Gasteiger partial charge in [0.25, 0.3) is 0 Å². The van der Waals surface area contributed by atoms with Crippen molar-refractivity contribution < 1.29 is 4.79 Å². The van der Waals surface area contributed by atoms with Crippen molar-refractivity contribution in [2.75, 3.05) is 13.6 Å². The van der Waals surface area contributed by atoms with Crippen LogP contribution in [0, 0.1) is 0 Å². The van der Waals surface area contributed by atoms with Crippen molar-refractivity contribution >= 4 is 6.03 Å². The molecule has 134 valence electrons. The fraction of sp³-hybridized carbons (Fsp3) is 0.500. The number of amides is 2. The summed E-state index contributed by atoms with van der Waals surface area (Å²) >= 11 is 0. The third-order valence-corrected chi connectivity index (χ3v) is 4.46. The lowest BCUT2D eigenvalue weighted by Gasteiger charge is -2.18. The van der Waals surface area contributed by atoms with E-state index in [4.69, 9.17) is 0 Å². The molecule has 1 aromatic heterocycles. The van der Waals surface area contributed by atoms with E-state index in [1.807, 2.05) is 30.3 Å². The van der Waals surface area contributed by atoms with Gasteiger partial charge in [-0.3, -0.25) is 4.57 Å². The highest BCUT2D eigenvalue weighted by atomic mass is 16.2. The van der Waals surface area contributed by atoms with E-state index < -0.39 is 0 Å². The molecule has 2 amide bonds. The summed E-state index contributed by atoms with van der Waals surface area (Å²) in [5.74, 6) is 0.892. The molecule has 0 unspecified atom stereocenters. The average Bonchev–Trinajstić information content (AvgIpc) is 2.95. The Hall–Kier alpha value is -2.57. The maximum atomic E-state index is 12.2. The van der Waals surface area contributed by atoms with Crippen LogP contribution >= 0.6 is 0 Å². The van der Waals surface area contributed by atoms with Gasteiger partial charge < -0.3 is 10.2 Å². The van der Waals surface area contributed by atoms with E-state index >= 15 is 0 Å². The molecular weight excluding hydrogens is 318 g/mol. The van der Waals surface area contributed by atoms with E-state index in [9.17, 15) is 9.59 Å². The Morgan fingerprint density at radius 3 is 2.84 bits per heavy atom. The summed E-state index contributed by atoms with van der Waals surface area (Å²) in [5.41, 5.74) is 1.07. The summed E-state index contributed by atoms with van der Waals surface area (Å²) in [5, 5.41) is 7.29. The Bertz CT molecular complexity index is 766. The van der Waals surface area contributed by atoms with E-state index in [-0.39, 0.29) is 11.7 Å². The Morgan fingerprint density at radius 2 is 2.08 bits per heavy atom. The van der Waals surface area contributed by atoms with Crippen molar-refractivity contribution in [2.24, 2.45) is 0 Å². The third kappa shape index (κ3) is 4.29. The molecule has 1 aliphatic rings. The molecule has 25 heavy (non-hydrogen) atoms. The highest BCUT2D eigenvalue weighted by Crippen LogP contribution is 2.09. The maximum absolute atomic E-state index is 12.2. The molecule has 0 spiro atoms. The zero-order valence-electron chi connectivity index (χ0n) is 14.6. The highest BCUT2D eigenvalue weighted by Gasteiger charge is 2.16. The Morgan fingerprint density at radius 1 is 1.28 bits per heavy atom. The lowest BCUT2D eigenvalue weighted by Crippen LogP contribution is -2.37. The number of aromatic nitrogens is 3. The topological polar surface area (TPSA) is 72.2 Å². The van der Waals surface area contributed by atoms with Crippen molar-refractivity contribution in [1.29, 1.82) is 0 Å². The molecule has 0 radical (unpaired) electrons. The minimum absolute atomic E-state index is 0.0257. The second kappa shape index (κ2) is 8.00. The molecule has 0 bridgehead atoms. The van der Waals surface area contributed by atoms with Gasteiger partial charge in [-0.2, -0.15) is 5.10 Å². The number of nitrogens with zero attached hydrogens (tertiary/aromatic N) is 4. The van der Waals surface area contributed by atoms with Gasteiger partial charge in [0.1, 0.15) is 5.82 Å². The molecule has 2 aromatic rings. The second-order valence-corrected chi connectivity index (χ2v) is 6.46.